The fourth-order valence-electron chi connectivity index (χ4n) is 3.88. The Hall–Kier alpha value is -0.570. The molecule has 0 aliphatic heterocycles. The van der Waals surface area contributed by atoms with Crippen molar-refractivity contribution < 1.29 is 9.53 Å². The Kier molecular flexibility index (Phi) is 23.2. The lowest BCUT2D eigenvalue weighted by Gasteiger charge is -2.17. The van der Waals surface area contributed by atoms with Crippen molar-refractivity contribution >= 4 is 5.97 Å². The third-order valence-corrected chi connectivity index (χ3v) is 6.01. The van der Waals surface area contributed by atoms with E-state index in [0.29, 0.717) is 13.0 Å². The minimum Gasteiger partial charge on any atom is -0.466 e. The summed E-state index contributed by atoms with van der Waals surface area (Å²) in [6.45, 7) is 10.6. The average Bonchev–Trinajstić information content (AvgIpc) is 2.73. The molecule has 0 spiro atoms. The molecule has 0 aromatic heterocycles. The van der Waals surface area contributed by atoms with Crippen molar-refractivity contribution in [2.24, 2.45) is 0 Å². The zero-order valence-corrected chi connectivity index (χ0v) is 20.3. The van der Waals surface area contributed by atoms with Gasteiger partial charge < -0.3 is 9.64 Å². The standard InChI is InChI=1S/C26H53NO2/c1-4-7-8-9-10-11-12-13-14-15-16-17-18-19-20-23-26(28)29-25-22-21-24-27(5-2)6-3/h4-25H2,1-3H3. The minimum atomic E-state index is 0.00235. The first kappa shape index (κ1) is 28.4. The second-order valence-electron chi connectivity index (χ2n) is 8.65. The molecule has 0 aliphatic rings. The molecule has 0 amide bonds. The van der Waals surface area contributed by atoms with Crippen LogP contribution in [0, 0.1) is 0 Å². The Morgan fingerprint density at radius 2 is 1.03 bits per heavy atom. The predicted octanol–water partition coefficient (Wildman–Crippen LogP) is 7.91. The van der Waals surface area contributed by atoms with Gasteiger partial charge in [-0.05, 0) is 38.9 Å². The number of carbonyl (C=O) groups excluding carboxylic acids is 1. The zero-order valence-electron chi connectivity index (χ0n) is 20.3. The third kappa shape index (κ3) is 21.9. The summed E-state index contributed by atoms with van der Waals surface area (Å²) in [6, 6.07) is 0. The van der Waals surface area contributed by atoms with Crippen LogP contribution < -0.4 is 0 Å². The molecule has 0 radical (unpaired) electrons. The van der Waals surface area contributed by atoms with Crippen molar-refractivity contribution in [3.63, 3.8) is 0 Å². The highest BCUT2D eigenvalue weighted by atomic mass is 16.5. The van der Waals surface area contributed by atoms with Gasteiger partial charge in [0.05, 0.1) is 6.61 Å². The second-order valence-corrected chi connectivity index (χ2v) is 8.65. The summed E-state index contributed by atoms with van der Waals surface area (Å²) < 4.78 is 5.35. The Labute approximate surface area is 183 Å². The van der Waals surface area contributed by atoms with Crippen LogP contribution in [0.1, 0.15) is 136 Å². The molecule has 0 aromatic rings. The number of hydrogen-bond donors (Lipinski definition) is 0. The van der Waals surface area contributed by atoms with Gasteiger partial charge in [0.15, 0.2) is 0 Å². The second kappa shape index (κ2) is 23.7. The molecule has 0 unspecified atom stereocenters. The largest absolute Gasteiger partial charge is 0.466 e. The molecule has 3 heteroatoms. The van der Waals surface area contributed by atoms with E-state index in [1.54, 1.807) is 0 Å². The molecule has 0 aromatic carbocycles. The van der Waals surface area contributed by atoms with Gasteiger partial charge in [-0.1, -0.05) is 111 Å². The van der Waals surface area contributed by atoms with Gasteiger partial charge in [0.25, 0.3) is 0 Å². The maximum Gasteiger partial charge on any atom is 0.305 e. The highest BCUT2D eigenvalue weighted by Gasteiger charge is 2.03. The summed E-state index contributed by atoms with van der Waals surface area (Å²) in [6.07, 6.45) is 23.0. The number of nitrogens with zero attached hydrogens (tertiary/aromatic N) is 1. The van der Waals surface area contributed by atoms with Gasteiger partial charge in [-0.15, -0.1) is 0 Å². The minimum absolute atomic E-state index is 0.00235. The van der Waals surface area contributed by atoms with Gasteiger partial charge in [-0.2, -0.15) is 0 Å². The molecule has 29 heavy (non-hydrogen) atoms. The molecule has 0 aliphatic carbocycles. The van der Waals surface area contributed by atoms with Crippen molar-refractivity contribution in [3.05, 3.63) is 0 Å². The molecular weight excluding hydrogens is 358 g/mol. The van der Waals surface area contributed by atoms with E-state index >= 15 is 0 Å². The summed E-state index contributed by atoms with van der Waals surface area (Å²) in [4.78, 5) is 14.2. The first-order chi connectivity index (χ1) is 14.2. The monoisotopic (exact) mass is 411 g/mol. The van der Waals surface area contributed by atoms with E-state index in [9.17, 15) is 4.79 Å². The van der Waals surface area contributed by atoms with E-state index < -0.39 is 0 Å². The maximum atomic E-state index is 11.8. The van der Waals surface area contributed by atoms with Gasteiger partial charge in [0.1, 0.15) is 0 Å². The first-order valence-corrected chi connectivity index (χ1v) is 13.1. The van der Waals surface area contributed by atoms with Crippen LogP contribution in [0.4, 0.5) is 0 Å². The Morgan fingerprint density at radius 1 is 0.586 bits per heavy atom. The van der Waals surface area contributed by atoms with Crippen LogP contribution >= 0.6 is 0 Å². The summed E-state index contributed by atoms with van der Waals surface area (Å²) in [5.74, 6) is 0.00235. The molecule has 0 bridgehead atoms. The van der Waals surface area contributed by atoms with Gasteiger partial charge in [-0.3, -0.25) is 4.79 Å². The van der Waals surface area contributed by atoms with E-state index in [1.807, 2.05) is 0 Å². The highest BCUT2D eigenvalue weighted by molar-refractivity contribution is 5.69. The first-order valence-electron chi connectivity index (χ1n) is 13.1. The summed E-state index contributed by atoms with van der Waals surface area (Å²) in [5.41, 5.74) is 0. The fourth-order valence-corrected chi connectivity index (χ4v) is 3.88. The zero-order chi connectivity index (χ0) is 21.4. The quantitative estimate of drug-likeness (QED) is 0.126. The van der Waals surface area contributed by atoms with E-state index in [-0.39, 0.29) is 5.97 Å². The molecular formula is C26H53NO2. The summed E-state index contributed by atoms with van der Waals surface area (Å²) in [7, 11) is 0. The van der Waals surface area contributed by atoms with Crippen molar-refractivity contribution in [2.75, 3.05) is 26.2 Å². The van der Waals surface area contributed by atoms with Crippen molar-refractivity contribution in [1.82, 2.24) is 4.90 Å². The van der Waals surface area contributed by atoms with Crippen LogP contribution in [-0.2, 0) is 9.53 Å². The smallest absolute Gasteiger partial charge is 0.305 e. The number of ether oxygens (including phenoxy) is 1. The normalized spacial score (nSPS) is 11.3. The van der Waals surface area contributed by atoms with Crippen LogP contribution in [0.3, 0.4) is 0 Å². The van der Waals surface area contributed by atoms with Gasteiger partial charge in [-0.25, -0.2) is 0 Å². The van der Waals surface area contributed by atoms with Crippen LogP contribution in [-0.4, -0.2) is 37.1 Å². The molecule has 0 fully saturated rings. The number of esters is 1. The Morgan fingerprint density at radius 3 is 1.48 bits per heavy atom. The SMILES string of the molecule is CCCCCCCCCCCCCCCCCC(=O)OCCCCN(CC)CC. The van der Waals surface area contributed by atoms with Gasteiger partial charge in [0, 0.05) is 6.42 Å². The van der Waals surface area contributed by atoms with E-state index in [1.165, 1.54) is 89.9 Å². The molecule has 0 rings (SSSR count). The lowest BCUT2D eigenvalue weighted by molar-refractivity contribution is -0.143. The topological polar surface area (TPSA) is 29.5 Å². The number of rotatable bonds is 23. The van der Waals surface area contributed by atoms with Crippen LogP contribution in [0.2, 0.25) is 0 Å². The van der Waals surface area contributed by atoms with E-state index in [4.69, 9.17) is 4.74 Å². The highest BCUT2D eigenvalue weighted by Crippen LogP contribution is 2.13. The van der Waals surface area contributed by atoms with Crippen LogP contribution in [0.5, 0.6) is 0 Å². The molecule has 0 atom stereocenters. The molecule has 174 valence electrons. The van der Waals surface area contributed by atoms with Gasteiger partial charge in [0.2, 0.25) is 0 Å². The van der Waals surface area contributed by atoms with Gasteiger partial charge >= 0.3 is 5.97 Å². The van der Waals surface area contributed by atoms with E-state index in [2.05, 4.69) is 25.7 Å². The molecule has 3 nitrogen and oxygen atoms in total. The summed E-state index contributed by atoms with van der Waals surface area (Å²) in [5, 5.41) is 0. The lowest BCUT2D eigenvalue weighted by Crippen LogP contribution is -2.24. The Bertz CT molecular complexity index is 329. The fraction of sp³-hybridized carbons (Fsp3) is 0.962. The van der Waals surface area contributed by atoms with Crippen LogP contribution in [0.15, 0.2) is 0 Å². The summed E-state index contributed by atoms with van der Waals surface area (Å²) >= 11 is 0. The van der Waals surface area contributed by atoms with E-state index in [0.717, 1.165) is 38.9 Å². The Balaban J connectivity index is 3.19. The van der Waals surface area contributed by atoms with Crippen LogP contribution in [0.25, 0.3) is 0 Å². The predicted molar refractivity (Wildman–Crippen MR) is 128 cm³/mol. The van der Waals surface area contributed by atoms with Crippen molar-refractivity contribution in [3.8, 4) is 0 Å². The van der Waals surface area contributed by atoms with Crippen molar-refractivity contribution in [1.29, 1.82) is 0 Å². The molecule has 0 saturated carbocycles. The maximum absolute atomic E-state index is 11.8. The number of carbonyl (C=O) groups is 1. The molecule has 0 heterocycles. The molecule has 0 saturated heterocycles. The number of unbranched alkanes of at least 4 members (excludes halogenated alkanes) is 15. The third-order valence-electron chi connectivity index (χ3n) is 6.01. The lowest BCUT2D eigenvalue weighted by atomic mass is 10.0. The average molecular weight is 412 g/mol. The van der Waals surface area contributed by atoms with Crippen molar-refractivity contribution in [2.45, 2.75) is 136 Å². The molecule has 0 N–H and O–H groups in total. The number of hydrogen-bond acceptors (Lipinski definition) is 3.